The molecule has 1 fully saturated rings. The fourth-order valence-electron chi connectivity index (χ4n) is 2.82. The molecule has 24 heavy (non-hydrogen) atoms. The molecule has 0 unspecified atom stereocenters. The first-order valence-electron chi connectivity index (χ1n) is 8.17. The number of hydrogen-bond acceptors (Lipinski definition) is 5. The third-order valence-electron chi connectivity index (χ3n) is 4.14. The number of benzene rings is 1. The molecule has 1 heterocycles. The molecule has 3 rings (SSSR count). The highest BCUT2D eigenvalue weighted by molar-refractivity contribution is 7.80. The van der Waals surface area contributed by atoms with Gasteiger partial charge in [-0.3, -0.25) is 5.43 Å². The molecular formula is C16H21N7S. The smallest absolute Gasteiger partial charge is 0.187 e. The molecule has 0 atom stereocenters. The molecule has 2 N–H and O–H groups in total. The highest BCUT2D eigenvalue weighted by atomic mass is 32.1. The molecule has 0 amide bonds. The van der Waals surface area contributed by atoms with Crippen molar-refractivity contribution in [3.63, 3.8) is 0 Å². The van der Waals surface area contributed by atoms with Crippen LogP contribution in [0, 0.1) is 0 Å². The van der Waals surface area contributed by atoms with Crippen molar-refractivity contribution >= 4 is 23.0 Å². The van der Waals surface area contributed by atoms with Crippen LogP contribution in [-0.2, 0) is 0 Å². The van der Waals surface area contributed by atoms with Crippen LogP contribution in [-0.4, -0.2) is 37.1 Å². The largest absolute Gasteiger partial charge is 0.359 e. The molecule has 0 saturated heterocycles. The molecule has 1 aromatic heterocycles. The van der Waals surface area contributed by atoms with Crippen LogP contribution in [0.5, 0.6) is 0 Å². The number of hydrogen-bond donors (Lipinski definition) is 2. The third-order valence-corrected chi connectivity index (χ3v) is 4.35. The Labute approximate surface area is 146 Å². The molecule has 2 aromatic rings. The normalized spacial score (nSPS) is 16.0. The second-order valence-electron chi connectivity index (χ2n) is 5.92. The molecule has 0 spiro atoms. The van der Waals surface area contributed by atoms with Gasteiger partial charge in [-0.05, 0) is 60.1 Å². The maximum atomic E-state index is 5.33. The summed E-state index contributed by atoms with van der Waals surface area (Å²) in [5, 5.41) is 19.5. The number of thiocarbonyl (C=S) groups is 1. The zero-order chi connectivity index (χ0) is 16.8. The van der Waals surface area contributed by atoms with E-state index >= 15 is 0 Å². The molecule has 1 aromatic carbocycles. The summed E-state index contributed by atoms with van der Waals surface area (Å²) in [6.07, 6.45) is 7.79. The molecule has 1 aliphatic carbocycles. The van der Waals surface area contributed by atoms with E-state index in [2.05, 4.69) is 31.4 Å². The Balaban J connectivity index is 1.61. The number of hydrazone groups is 1. The first-order chi connectivity index (χ1) is 11.7. The van der Waals surface area contributed by atoms with Crippen molar-refractivity contribution in [2.45, 2.75) is 45.1 Å². The van der Waals surface area contributed by atoms with Crippen LogP contribution in [0.15, 0.2) is 35.7 Å². The van der Waals surface area contributed by atoms with Crippen LogP contribution in [0.1, 0.15) is 44.6 Å². The van der Waals surface area contributed by atoms with Crippen molar-refractivity contribution in [2.75, 3.05) is 0 Å². The number of nitrogens with one attached hydrogen (secondary N) is 2. The third kappa shape index (κ3) is 4.35. The van der Waals surface area contributed by atoms with Crippen LogP contribution in [0.25, 0.3) is 5.69 Å². The minimum absolute atomic E-state index is 0.470. The van der Waals surface area contributed by atoms with Gasteiger partial charge in [0.2, 0.25) is 0 Å². The average Bonchev–Trinajstić information content (AvgIpc) is 3.15. The summed E-state index contributed by atoms with van der Waals surface area (Å²) in [5.41, 5.74) is 5.66. The van der Waals surface area contributed by atoms with E-state index in [1.807, 2.05) is 31.2 Å². The van der Waals surface area contributed by atoms with E-state index in [0.717, 1.165) is 17.0 Å². The van der Waals surface area contributed by atoms with Gasteiger partial charge in [0.05, 0.1) is 11.4 Å². The predicted octanol–water partition coefficient (Wildman–Crippen LogP) is 2.18. The van der Waals surface area contributed by atoms with Crippen molar-refractivity contribution in [3.05, 3.63) is 36.2 Å². The Hall–Kier alpha value is -2.35. The first-order valence-corrected chi connectivity index (χ1v) is 8.58. The summed E-state index contributed by atoms with van der Waals surface area (Å²) in [4.78, 5) is 0. The summed E-state index contributed by atoms with van der Waals surface area (Å²) >= 11 is 5.33. The van der Waals surface area contributed by atoms with Crippen LogP contribution >= 0.6 is 12.2 Å². The van der Waals surface area contributed by atoms with E-state index in [-0.39, 0.29) is 0 Å². The lowest BCUT2D eigenvalue weighted by Crippen LogP contribution is -2.41. The van der Waals surface area contributed by atoms with Gasteiger partial charge < -0.3 is 5.32 Å². The number of rotatable bonds is 4. The van der Waals surface area contributed by atoms with E-state index < -0.39 is 0 Å². The Morgan fingerprint density at radius 1 is 1.29 bits per heavy atom. The molecule has 126 valence electrons. The fraction of sp³-hybridized carbons (Fsp3) is 0.438. The second-order valence-corrected chi connectivity index (χ2v) is 6.33. The van der Waals surface area contributed by atoms with Crippen molar-refractivity contribution in [2.24, 2.45) is 5.10 Å². The SMILES string of the molecule is C/C(=N\NC(=S)NC1CCCCC1)c1cccc(-n2cnnn2)c1. The minimum Gasteiger partial charge on any atom is -0.359 e. The molecule has 0 radical (unpaired) electrons. The molecule has 7 nitrogen and oxygen atoms in total. The van der Waals surface area contributed by atoms with E-state index in [0.29, 0.717) is 11.2 Å². The standard InChI is InChI=1S/C16H21N7S/c1-12(19-20-16(24)18-14-7-3-2-4-8-14)13-6-5-9-15(10-13)23-11-17-21-22-23/h5-6,9-11,14H,2-4,7-8H2,1H3,(H2,18,20,24)/b19-12+. The summed E-state index contributed by atoms with van der Waals surface area (Å²) < 4.78 is 1.61. The number of tetrazole rings is 1. The van der Waals surface area contributed by atoms with Crippen LogP contribution in [0.3, 0.4) is 0 Å². The van der Waals surface area contributed by atoms with Gasteiger partial charge in [0.25, 0.3) is 0 Å². The Morgan fingerprint density at radius 3 is 2.88 bits per heavy atom. The quantitative estimate of drug-likeness (QED) is 0.503. The van der Waals surface area contributed by atoms with Gasteiger partial charge in [-0.2, -0.15) is 5.10 Å². The maximum Gasteiger partial charge on any atom is 0.187 e. The van der Waals surface area contributed by atoms with Gasteiger partial charge in [0.1, 0.15) is 6.33 Å². The van der Waals surface area contributed by atoms with Crippen molar-refractivity contribution in [3.8, 4) is 5.69 Å². The lowest BCUT2D eigenvalue weighted by atomic mass is 9.96. The maximum absolute atomic E-state index is 5.33. The van der Waals surface area contributed by atoms with Crippen LogP contribution < -0.4 is 10.7 Å². The molecular weight excluding hydrogens is 322 g/mol. The average molecular weight is 343 g/mol. The number of aromatic nitrogens is 4. The van der Waals surface area contributed by atoms with Crippen molar-refractivity contribution in [1.29, 1.82) is 0 Å². The zero-order valence-corrected chi connectivity index (χ0v) is 14.5. The summed E-state index contributed by atoms with van der Waals surface area (Å²) in [6, 6.07) is 8.33. The van der Waals surface area contributed by atoms with Gasteiger partial charge in [0.15, 0.2) is 5.11 Å². The molecule has 0 bridgehead atoms. The number of nitrogens with zero attached hydrogens (tertiary/aromatic N) is 5. The van der Waals surface area contributed by atoms with Gasteiger partial charge >= 0.3 is 0 Å². The van der Waals surface area contributed by atoms with Crippen molar-refractivity contribution < 1.29 is 0 Å². The van der Waals surface area contributed by atoms with Gasteiger partial charge in [-0.25, -0.2) is 4.68 Å². The molecule has 0 aliphatic heterocycles. The van der Waals surface area contributed by atoms with Gasteiger partial charge in [-0.1, -0.05) is 31.4 Å². The summed E-state index contributed by atoms with van der Waals surface area (Å²) in [5.74, 6) is 0. The summed E-state index contributed by atoms with van der Waals surface area (Å²) in [6.45, 7) is 1.94. The highest BCUT2D eigenvalue weighted by Crippen LogP contribution is 2.17. The monoisotopic (exact) mass is 343 g/mol. The molecule has 1 aliphatic rings. The Kier molecular flexibility index (Phi) is 5.47. The molecule has 8 heteroatoms. The Bertz CT molecular complexity index is 705. The Morgan fingerprint density at radius 2 is 2.12 bits per heavy atom. The lowest BCUT2D eigenvalue weighted by Gasteiger charge is -2.23. The van der Waals surface area contributed by atoms with E-state index in [9.17, 15) is 0 Å². The fourth-order valence-corrected chi connectivity index (χ4v) is 3.03. The zero-order valence-electron chi connectivity index (χ0n) is 13.6. The minimum atomic E-state index is 0.470. The first kappa shape index (κ1) is 16.5. The predicted molar refractivity (Wildman–Crippen MR) is 97.1 cm³/mol. The lowest BCUT2D eigenvalue weighted by molar-refractivity contribution is 0.412. The van der Waals surface area contributed by atoms with E-state index in [1.165, 1.54) is 32.1 Å². The van der Waals surface area contributed by atoms with Crippen LogP contribution in [0.2, 0.25) is 0 Å². The van der Waals surface area contributed by atoms with Gasteiger partial charge in [0, 0.05) is 6.04 Å². The van der Waals surface area contributed by atoms with Gasteiger partial charge in [-0.15, -0.1) is 5.10 Å². The van der Waals surface area contributed by atoms with E-state index in [1.54, 1.807) is 11.0 Å². The summed E-state index contributed by atoms with van der Waals surface area (Å²) in [7, 11) is 0. The molecule has 1 saturated carbocycles. The second kappa shape index (κ2) is 7.96. The topological polar surface area (TPSA) is 80.0 Å². The van der Waals surface area contributed by atoms with Crippen molar-refractivity contribution in [1.82, 2.24) is 30.9 Å². The van der Waals surface area contributed by atoms with E-state index in [4.69, 9.17) is 12.2 Å². The highest BCUT2D eigenvalue weighted by Gasteiger charge is 2.13. The van der Waals surface area contributed by atoms with Crippen LogP contribution in [0.4, 0.5) is 0 Å².